The highest BCUT2D eigenvalue weighted by Crippen LogP contribution is 2.49. The molecule has 2 heteroatoms. The number of benzene rings is 1. The van der Waals surface area contributed by atoms with Crippen LogP contribution in [0.1, 0.15) is 24.4 Å². The topological polar surface area (TPSA) is 15.3 Å². The maximum absolute atomic E-state index is 3.71. The quantitative estimate of drug-likeness (QED) is 0.747. The maximum Gasteiger partial charge on any atom is 0.0528 e. The van der Waals surface area contributed by atoms with Crippen molar-refractivity contribution in [3.8, 4) is 0 Å². The van der Waals surface area contributed by atoms with Gasteiger partial charge in [-0.3, -0.25) is 4.90 Å². The second kappa shape index (κ2) is 3.32. The van der Waals surface area contributed by atoms with Gasteiger partial charge in [0.25, 0.3) is 0 Å². The summed E-state index contributed by atoms with van der Waals surface area (Å²) in [6.07, 6.45) is 2.66. The molecule has 1 N–H and O–H groups in total. The predicted octanol–water partition coefficient (Wildman–Crippen LogP) is 1.80. The first-order chi connectivity index (χ1) is 7.32. The highest BCUT2D eigenvalue weighted by atomic mass is 15.3. The Morgan fingerprint density at radius 2 is 2.00 bits per heavy atom. The first-order valence-corrected chi connectivity index (χ1v) is 5.82. The molecule has 1 aromatic carbocycles. The zero-order valence-electron chi connectivity index (χ0n) is 9.24. The number of nitrogens with one attached hydrogen (secondary N) is 1. The van der Waals surface area contributed by atoms with Gasteiger partial charge in [-0.1, -0.05) is 30.3 Å². The van der Waals surface area contributed by atoms with Crippen molar-refractivity contribution < 1.29 is 0 Å². The van der Waals surface area contributed by atoms with Crippen LogP contribution in [0.15, 0.2) is 30.3 Å². The lowest BCUT2D eigenvalue weighted by Gasteiger charge is -2.41. The van der Waals surface area contributed by atoms with Crippen molar-refractivity contribution in [1.29, 1.82) is 0 Å². The molecule has 0 amide bonds. The second-order valence-electron chi connectivity index (χ2n) is 4.88. The zero-order valence-corrected chi connectivity index (χ0v) is 9.24. The minimum atomic E-state index is 0.397. The van der Waals surface area contributed by atoms with E-state index >= 15 is 0 Å². The summed E-state index contributed by atoms with van der Waals surface area (Å²) in [5.41, 5.74) is 1.86. The summed E-state index contributed by atoms with van der Waals surface area (Å²) in [5.74, 6) is 0. The van der Waals surface area contributed by atoms with E-state index < -0.39 is 0 Å². The third-order valence-corrected chi connectivity index (χ3v) is 3.81. The van der Waals surface area contributed by atoms with Crippen LogP contribution in [0.5, 0.6) is 0 Å². The standard InChI is InChI=1S/C13H18N2/c1-15-10-9-14-13(7-8-13)12(15)11-5-3-2-4-6-11/h2-6,12,14H,7-10H2,1H3. The van der Waals surface area contributed by atoms with Crippen molar-refractivity contribution in [3.63, 3.8) is 0 Å². The third kappa shape index (κ3) is 1.48. The third-order valence-electron chi connectivity index (χ3n) is 3.81. The molecular weight excluding hydrogens is 184 g/mol. The Morgan fingerprint density at radius 3 is 2.67 bits per heavy atom. The van der Waals surface area contributed by atoms with Crippen LogP contribution in [0, 0.1) is 0 Å². The number of piperazine rings is 1. The molecule has 1 aliphatic heterocycles. The van der Waals surface area contributed by atoms with Gasteiger partial charge in [0.2, 0.25) is 0 Å². The van der Waals surface area contributed by atoms with Gasteiger partial charge < -0.3 is 5.32 Å². The van der Waals surface area contributed by atoms with E-state index in [1.165, 1.54) is 18.4 Å². The van der Waals surface area contributed by atoms with Crippen molar-refractivity contribution >= 4 is 0 Å². The number of rotatable bonds is 1. The van der Waals surface area contributed by atoms with Gasteiger partial charge in [0, 0.05) is 18.6 Å². The summed E-state index contributed by atoms with van der Waals surface area (Å²) in [7, 11) is 2.25. The molecule has 1 heterocycles. The van der Waals surface area contributed by atoms with Crippen LogP contribution in [0.3, 0.4) is 0 Å². The normalized spacial score (nSPS) is 29.3. The van der Waals surface area contributed by atoms with E-state index in [-0.39, 0.29) is 0 Å². The Balaban J connectivity index is 1.95. The fourth-order valence-electron chi connectivity index (χ4n) is 2.92. The van der Waals surface area contributed by atoms with Crippen molar-refractivity contribution in [2.75, 3.05) is 20.1 Å². The summed E-state index contributed by atoms with van der Waals surface area (Å²) in [6.45, 7) is 2.29. The molecule has 1 saturated heterocycles. The van der Waals surface area contributed by atoms with E-state index in [0.29, 0.717) is 11.6 Å². The van der Waals surface area contributed by atoms with E-state index in [1.54, 1.807) is 0 Å². The van der Waals surface area contributed by atoms with Crippen LogP contribution in [0.2, 0.25) is 0 Å². The SMILES string of the molecule is CN1CCNC2(CC2)C1c1ccccc1. The molecule has 1 saturated carbocycles. The van der Waals surface area contributed by atoms with Gasteiger partial charge >= 0.3 is 0 Å². The molecule has 1 unspecified atom stereocenters. The Morgan fingerprint density at radius 1 is 1.27 bits per heavy atom. The molecule has 0 aromatic heterocycles. The number of hydrogen-bond acceptors (Lipinski definition) is 2. The van der Waals surface area contributed by atoms with Gasteiger partial charge in [-0.15, -0.1) is 0 Å². The fraction of sp³-hybridized carbons (Fsp3) is 0.538. The van der Waals surface area contributed by atoms with Crippen LogP contribution >= 0.6 is 0 Å². The Kier molecular flexibility index (Phi) is 2.08. The lowest BCUT2D eigenvalue weighted by atomic mass is 9.94. The lowest BCUT2D eigenvalue weighted by molar-refractivity contribution is 0.138. The van der Waals surface area contributed by atoms with Gasteiger partial charge in [0.05, 0.1) is 6.04 Å². The van der Waals surface area contributed by atoms with Crippen LogP contribution in [-0.4, -0.2) is 30.6 Å². The first-order valence-electron chi connectivity index (χ1n) is 5.82. The van der Waals surface area contributed by atoms with Gasteiger partial charge in [-0.05, 0) is 25.5 Å². The van der Waals surface area contributed by atoms with Gasteiger partial charge in [-0.25, -0.2) is 0 Å². The molecule has 1 atom stereocenters. The Labute approximate surface area is 91.3 Å². The highest BCUT2D eigenvalue weighted by Gasteiger charge is 2.52. The molecule has 1 spiro atoms. The van der Waals surface area contributed by atoms with Crippen LogP contribution in [-0.2, 0) is 0 Å². The minimum Gasteiger partial charge on any atom is -0.308 e. The average Bonchev–Trinajstić information content (AvgIpc) is 3.00. The molecule has 2 aliphatic rings. The summed E-state index contributed by atoms with van der Waals surface area (Å²) >= 11 is 0. The monoisotopic (exact) mass is 202 g/mol. The van der Waals surface area contributed by atoms with Crippen LogP contribution in [0.4, 0.5) is 0 Å². The maximum atomic E-state index is 3.71. The minimum absolute atomic E-state index is 0.397. The first kappa shape index (κ1) is 9.37. The summed E-state index contributed by atoms with van der Waals surface area (Å²) in [5, 5.41) is 3.71. The molecule has 0 radical (unpaired) electrons. The van der Waals surface area contributed by atoms with Crippen LogP contribution in [0.25, 0.3) is 0 Å². The largest absolute Gasteiger partial charge is 0.308 e. The summed E-state index contributed by atoms with van der Waals surface area (Å²) in [6, 6.07) is 11.5. The summed E-state index contributed by atoms with van der Waals surface area (Å²) < 4.78 is 0. The molecule has 0 bridgehead atoms. The van der Waals surface area contributed by atoms with E-state index in [2.05, 4.69) is 47.6 Å². The lowest BCUT2D eigenvalue weighted by Crippen LogP contribution is -2.53. The van der Waals surface area contributed by atoms with Crippen LogP contribution < -0.4 is 5.32 Å². The van der Waals surface area contributed by atoms with E-state index in [0.717, 1.165) is 13.1 Å². The molecule has 2 fully saturated rings. The smallest absolute Gasteiger partial charge is 0.0528 e. The fourth-order valence-corrected chi connectivity index (χ4v) is 2.92. The van der Waals surface area contributed by atoms with E-state index in [9.17, 15) is 0 Å². The highest BCUT2D eigenvalue weighted by molar-refractivity contribution is 5.28. The second-order valence-corrected chi connectivity index (χ2v) is 4.88. The van der Waals surface area contributed by atoms with Gasteiger partial charge in [-0.2, -0.15) is 0 Å². The number of likely N-dealkylation sites (N-methyl/N-ethyl adjacent to an activating group) is 1. The molecule has 3 rings (SSSR count). The van der Waals surface area contributed by atoms with Gasteiger partial charge in [0.1, 0.15) is 0 Å². The molecule has 2 nitrogen and oxygen atoms in total. The van der Waals surface area contributed by atoms with Gasteiger partial charge in [0.15, 0.2) is 0 Å². The summed E-state index contributed by atoms with van der Waals surface area (Å²) in [4.78, 5) is 2.50. The number of hydrogen-bond donors (Lipinski definition) is 1. The van der Waals surface area contributed by atoms with Crippen molar-refractivity contribution in [2.45, 2.75) is 24.4 Å². The zero-order chi connectivity index (χ0) is 10.3. The Hall–Kier alpha value is -0.860. The predicted molar refractivity (Wildman–Crippen MR) is 61.8 cm³/mol. The molecule has 1 aliphatic carbocycles. The van der Waals surface area contributed by atoms with Crippen molar-refractivity contribution in [1.82, 2.24) is 10.2 Å². The van der Waals surface area contributed by atoms with E-state index in [4.69, 9.17) is 0 Å². The average molecular weight is 202 g/mol. The van der Waals surface area contributed by atoms with Crippen molar-refractivity contribution in [2.24, 2.45) is 0 Å². The molecular formula is C13H18N2. The van der Waals surface area contributed by atoms with Crippen molar-refractivity contribution in [3.05, 3.63) is 35.9 Å². The molecule has 80 valence electrons. The number of nitrogens with zero attached hydrogens (tertiary/aromatic N) is 1. The van der Waals surface area contributed by atoms with E-state index in [1.807, 2.05) is 0 Å². The molecule has 15 heavy (non-hydrogen) atoms. The molecule has 1 aromatic rings. The Bertz CT molecular complexity index is 343.